The second kappa shape index (κ2) is 8.83. The van der Waals surface area contributed by atoms with Gasteiger partial charge >= 0.3 is 0 Å². The van der Waals surface area contributed by atoms with E-state index in [2.05, 4.69) is 0 Å². The van der Waals surface area contributed by atoms with Crippen LogP contribution in [0.5, 0.6) is 11.5 Å². The monoisotopic (exact) mass is 506 g/mol. The molecular weight excluding hydrogens is 484 g/mol. The summed E-state index contributed by atoms with van der Waals surface area (Å²) in [6.07, 6.45) is 0. The number of anilines is 1. The Morgan fingerprint density at radius 3 is 2.69 bits per heavy atom. The van der Waals surface area contributed by atoms with E-state index in [9.17, 15) is 19.8 Å². The van der Waals surface area contributed by atoms with Crippen molar-refractivity contribution in [2.75, 3.05) is 11.5 Å². The van der Waals surface area contributed by atoms with E-state index in [1.807, 2.05) is 26.0 Å². The number of phenolic OH excluding ortho intramolecular Hbond substituents is 1. The number of aliphatic hydroxyl groups excluding tert-OH is 1. The van der Waals surface area contributed by atoms with Crippen LogP contribution >= 0.6 is 22.7 Å². The van der Waals surface area contributed by atoms with Gasteiger partial charge in [0.1, 0.15) is 0 Å². The molecule has 1 atom stereocenters. The molecule has 0 spiro atoms. The van der Waals surface area contributed by atoms with Crippen LogP contribution in [0.25, 0.3) is 10.2 Å². The van der Waals surface area contributed by atoms with Crippen molar-refractivity contribution >= 4 is 49.7 Å². The summed E-state index contributed by atoms with van der Waals surface area (Å²) < 4.78 is 6.45. The molecule has 2 aromatic heterocycles. The van der Waals surface area contributed by atoms with Crippen LogP contribution in [0.3, 0.4) is 0 Å². The highest BCUT2D eigenvalue weighted by molar-refractivity contribution is 7.22. The number of aromatic hydroxyl groups is 1. The van der Waals surface area contributed by atoms with Crippen molar-refractivity contribution in [1.29, 1.82) is 0 Å². The van der Waals surface area contributed by atoms with Gasteiger partial charge in [0.2, 0.25) is 5.78 Å². The third kappa shape index (κ3) is 3.86. The number of aliphatic hydroxyl groups is 1. The van der Waals surface area contributed by atoms with Gasteiger partial charge in [0, 0.05) is 0 Å². The number of rotatable bonds is 6. The number of hydrogen-bond donors (Lipinski definition) is 2. The number of ketones is 1. The number of hydrogen-bond acceptors (Lipinski definition) is 8. The van der Waals surface area contributed by atoms with Crippen LogP contribution in [0.15, 0.2) is 59.2 Å². The molecule has 0 saturated heterocycles. The van der Waals surface area contributed by atoms with Crippen molar-refractivity contribution in [2.24, 2.45) is 0 Å². The van der Waals surface area contributed by atoms with Crippen LogP contribution in [0.4, 0.5) is 5.13 Å². The second-order valence-electron chi connectivity index (χ2n) is 8.23. The highest BCUT2D eigenvalue weighted by Gasteiger charge is 2.46. The molecule has 0 saturated carbocycles. The number of amides is 1. The summed E-state index contributed by atoms with van der Waals surface area (Å²) in [4.78, 5) is 33.4. The molecule has 5 rings (SSSR count). The molecule has 0 fully saturated rings. The molecule has 2 aromatic carbocycles. The first-order valence-electron chi connectivity index (χ1n) is 11.0. The van der Waals surface area contributed by atoms with Gasteiger partial charge in [0.15, 0.2) is 22.4 Å². The summed E-state index contributed by atoms with van der Waals surface area (Å²) >= 11 is 2.56. The fraction of sp³-hybridized carbons (Fsp3) is 0.192. The van der Waals surface area contributed by atoms with Gasteiger partial charge < -0.3 is 14.9 Å². The van der Waals surface area contributed by atoms with Gasteiger partial charge in [-0.25, -0.2) is 4.98 Å². The average Bonchev–Trinajstić information content (AvgIpc) is 3.54. The standard InChI is InChI=1S/C26H22N2O5S2/c1-4-33-17-12-15(7-8-16(17)29)22-20(23(30)18-6-5-9-34-18)24(31)25(32)28(22)26-27-21-14(3)10-13(2)11-19(21)35-26/h5-12,22,29,31H,4H2,1-3H3. The molecular formula is C26H22N2O5S2. The van der Waals surface area contributed by atoms with E-state index in [1.165, 1.54) is 33.6 Å². The van der Waals surface area contributed by atoms with Crippen molar-refractivity contribution in [3.8, 4) is 11.5 Å². The lowest BCUT2D eigenvalue weighted by Crippen LogP contribution is -2.31. The average molecular weight is 507 g/mol. The maximum Gasteiger partial charge on any atom is 0.296 e. The zero-order chi connectivity index (χ0) is 24.9. The highest BCUT2D eigenvalue weighted by atomic mass is 32.1. The van der Waals surface area contributed by atoms with Gasteiger partial charge in [-0.2, -0.15) is 0 Å². The molecule has 35 heavy (non-hydrogen) atoms. The number of fused-ring (bicyclic) bond motifs is 1. The van der Waals surface area contributed by atoms with Crippen LogP contribution in [-0.4, -0.2) is 33.5 Å². The maximum atomic E-state index is 13.5. The first-order valence-corrected chi connectivity index (χ1v) is 12.7. The fourth-order valence-corrected chi connectivity index (χ4v) is 6.17. The SMILES string of the molecule is CCOc1cc(C2C(C(=O)c3cccs3)=C(O)C(=O)N2c2nc3c(C)cc(C)cc3s2)ccc1O. The molecule has 1 unspecified atom stereocenters. The number of aromatic nitrogens is 1. The van der Waals surface area contributed by atoms with E-state index < -0.39 is 23.5 Å². The fourth-order valence-electron chi connectivity index (χ4n) is 4.32. The number of phenols is 1. The molecule has 1 aliphatic heterocycles. The lowest BCUT2D eigenvalue weighted by Gasteiger charge is -2.25. The summed E-state index contributed by atoms with van der Waals surface area (Å²) in [5, 5.41) is 23.3. The van der Waals surface area contributed by atoms with E-state index in [0.29, 0.717) is 22.2 Å². The van der Waals surface area contributed by atoms with Crippen molar-refractivity contribution in [3.05, 3.63) is 80.7 Å². The van der Waals surface area contributed by atoms with Gasteiger partial charge in [-0.1, -0.05) is 29.5 Å². The van der Waals surface area contributed by atoms with E-state index in [1.54, 1.807) is 36.6 Å². The molecule has 1 amide bonds. The molecule has 0 aliphatic carbocycles. The Balaban J connectivity index is 1.71. The summed E-state index contributed by atoms with van der Waals surface area (Å²) in [6, 6.07) is 11.1. The summed E-state index contributed by atoms with van der Waals surface area (Å²) in [5.41, 5.74) is 3.29. The molecule has 1 aliphatic rings. The molecule has 4 aromatic rings. The highest BCUT2D eigenvalue weighted by Crippen LogP contribution is 2.46. The summed E-state index contributed by atoms with van der Waals surface area (Å²) in [7, 11) is 0. The van der Waals surface area contributed by atoms with Crippen LogP contribution < -0.4 is 9.64 Å². The summed E-state index contributed by atoms with van der Waals surface area (Å²) in [6.45, 7) is 6.06. The van der Waals surface area contributed by atoms with Crippen LogP contribution in [0, 0.1) is 13.8 Å². The number of carbonyl (C=O) groups excluding carboxylic acids is 2. The Hall–Kier alpha value is -3.69. The van der Waals surface area contributed by atoms with Crippen molar-refractivity contribution in [1.82, 2.24) is 4.98 Å². The smallest absolute Gasteiger partial charge is 0.296 e. The normalized spacial score (nSPS) is 15.9. The third-order valence-corrected chi connectivity index (χ3v) is 7.69. The number of aryl methyl sites for hydroxylation is 2. The molecule has 3 heterocycles. The second-order valence-corrected chi connectivity index (χ2v) is 10.2. The maximum absolute atomic E-state index is 13.5. The number of Topliss-reactive ketones (excluding diaryl/α,β-unsaturated/α-hetero) is 1. The minimum atomic E-state index is -0.945. The number of thiazole rings is 1. The first kappa shape index (κ1) is 23.1. The number of nitrogens with zero attached hydrogens (tertiary/aromatic N) is 2. The van der Waals surface area contributed by atoms with E-state index in [4.69, 9.17) is 9.72 Å². The molecule has 2 N–H and O–H groups in total. The topological polar surface area (TPSA) is 100.0 Å². The lowest BCUT2D eigenvalue weighted by molar-refractivity contribution is -0.117. The van der Waals surface area contributed by atoms with Gasteiger partial charge in [-0.05, 0) is 67.1 Å². The Labute approximate surface area is 209 Å². The quantitative estimate of drug-likeness (QED) is 0.318. The van der Waals surface area contributed by atoms with Gasteiger partial charge in [-0.3, -0.25) is 14.5 Å². The van der Waals surface area contributed by atoms with E-state index in [-0.39, 0.29) is 17.1 Å². The molecule has 178 valence electrons. The van der Waals surface area contributed by atoms with Crippen molar-refractivity contribution in [3.63, 3.8) is 0 Å². The number of carbonyl (C=O) groups is 2. The minimum Gasteiger partial charge on any atom is -0.504 e. The van der Waals surface area contributed by atoms with E-state index >= 15 is 0 Å². The van der Waals surface area contributed by atoms with Gasteiger partial charge in [-0.15, -0.1) is 11.3 Å². The van der Waals surface area contributed by atoms with Crippen molar-refractivity contribution in [2.45, 2.75) is 26.8 Å². The van der Waals surface area contributed by atoms with E-state index in [0.717, 1.165) is 21.3 Å². The van der Waals surface area contributed by atoms with Crippen molar-refractivity contribution < 1.29 is 24.5 Å². The summed E-state index contributed by atoms with van der Waals surface area (Å²) in [5.74, 6) is -1.57. The number of ether oxygens (including phenoxy) is 1. The molecule has 7 nitrogen and oxygen atoms in total. The minimum absolute atomic E-state index is 0.0299. The molecule has 0 radical (unpaired) electrons. The molecule has 0 bridgehead atoms. The van der Waals surface area contributed by atoms with Gasteiger partial charge in [0.05, 0.1) is 33.3 Å². The zero-order valence-corrected chi connectivity index (χ0v) is 20.9. The van der Waals surface area contributed by atoms with Crippen LogP contribution in [0.1, 0.15) is 39.3 Å². The Kier molecular flexibility index (Phi) is 5.82. The zero-order valence-electron chi connectivity index (χ0n) is 19.2. The third-order valence-electron chi connectivity index (χ3n) is 5.82. The number of benzene rings is 2. The van der Waals surface area contributed by atoms with Crippen LogP contribution in [0.2, 0.25) is 0 Å². The largest absolute Gasteiger partial charge is 0.504 e. The predicted molar refractivity (Wildman–Crippen MR) is 137 cm³/mol. The molecule has 9 heteroatoms. The number of thiophene rings is 1. The Morgan fingerprint density at radius 1 is 1.17 bits per heavy atom. The van der Waals surface area contributed by atoms with Crippen LogP contribution in [-0.2, 0) is 4.79 Å². The van der Waals surface area contributed by atoms with Gasteiger partial charge in [0.25, 0.3) is 5.91 Å². The predicted octanol–water partition coefficient (Wildman–Crippen LogP) is 5.86. The first-order chi connectivity index (χ1) is 16.8. The lowest BCUT2D eigenvalue weighted by atomic mass is 9.95. The Bertz CT molecular complexity index is 1500. The Morgan fingerprint density at radius 2 is 1.97 bits per heavy atom.